The van der Waals surface area contributed by atoms with E-state index in [9.17, 15) is 9.59 Å². The molecular formula is C18H17NO5. The first kappa shape index (κ1) is 15.9. The van der Waals surface area contributed by atoms with Crippen molar-refractivity contribution < 1.29 is 23.8 Å². The maximum Gasteiger partial charge on any atom is 0.351 e. The summed E-state index contributed by atoms with van der Waals surface area (Å²) in [6.07, 6.45) is -0.883. The van der Waals surface area contributed by atoms with Crippen LogP contribution in [0.5, 0.6) is 11.5 Å². The maximum absolute atomic E-state index is 12.0. The third-order valence-corrected chi connectivity index (χ3v) is 3.54. The Hall–Kier alpha value is -3.02. The second-order valence-corrected chi connectivity index (χ2v) is 5.34. The van der Waals surface area contributed by atoms with Crippen molar-refractivity contribution in [3.63, 3.8) is 0 Å². The Morgan fingerprint density at radius 1 is 1.12 bits per heavy atom. The molecule has 0 aromatic heterocycles. The van der Waals surface area contributed by atoms with Crippen molar-refractivity contribution in [1.29, 1.82) is 0 Å². The van der Waals surface area contributed by atoms with Crippen LogP contribution in [0.2, 0.25) is 0 Å². The summed E-state index contributed by atoms with van der Waals surface area (Å²) < 4.78 is 16.0. The normalized spacial score (nSPS) is 15.5. The van der Waals surface area contributed by atoms with E-state index in [0.29, 0.717) is 17.2 Å². The molecule has 1 N–H and O–H groups in total. The fourth-order valence-corrected chi connectivity index (χ4v) is 2.26. The van der Waals surface area contributed by atoms with Crippen LogP contribution in [0, 0.1) is 6.92 Å². The number of esters is 1. The first-order chi connectivity index (χ1) is 11.6. The molecule has 1 aliphatic rings. The monoisotopic (exact) mass is 327 g/mol. The molecule has 1 aliphatic heterocycles. The average molecular weight is 327 g/mol. The molecule has 2 aromatic rings. The van der Waals surface area contributed by atoms with Gasteiger partial charge in [0.1, 0.15) is 6.61 Å². The van der Waals surface area contributed by atoms with Gasteiger partial charge in [-0.2, -0.15) is 0 Å². The van der Waals surface area contributed by atoms with Crippen molar-refractivity contribution in [3.05, 3.63) is 54.1 Å². The zero-order chi connectivity index (χ0) is 16.9. The van der Waals surface area contributed by atoms with E-state index in [0.717, 1.165) is 5.56 Å². The summed E-state index contributed by atoms with van der Waals surface area (Å²) in [7, 11) is 0. The largest absolute Gasteiger partial charge is 0.485 e. The number of benzene rings is 2. The quantitative estimate of drug-likeness (QED) is 0.873. The van der Waals surface area contributed by atoms with E-state index in [2.05, 4.69) is 5.32 Å². The molecule has 1 atom stereocenters. The van der Waals surface area contributed by atoms with Gasteiger partial charge in [-0.05, 0) is 30.7 Å². The number of carbonyl (C=O) groups is 2. The number of carbonyl (C=O) groups excluding carboxylic acids is 2. The predicted molar refractivity (Wildman–Crippen MR) is 87.1 cm³/mol. The van der Waals surface area contributed by atoms with Gasteiger partial charge >= 0.3 is 5.97 Å². The Kier molecular flexibility index (Phi) is 4.65. The van der Waals surface area contributed by atoms with Gasteiger partial charge in [0.15, 0.2) is 18.1 Å². The summed E-state index contributed by atoms with van der Waals surface area (Å²) in [5.41, 5.74) is 1.61. The van der Waals surface area contributed by atoms with Gasteiger partial charge in [-0.15, -0.1) is 0 Å². The van der Waals surface area contributed by atoms with Gasteiger partial charge in [-0.1, -0.05) is 30.3 Å². The van der Waals surface area contributed by atoms with Crippen molar-refractivity contribution >= 4 is 17.6 Å². The lowest BCUT2D eigenvalue weighted by molar-refractivity contribution is -0.156. The number of para-hydroxylation sites is 3. The minimum absolute atomic E-state index is 0.0509. The SMILES string of the molecule is Cc1ccccc1NC(=O)COC(=O)[C@@H]1COc2ccccc2O1. The summed E-state index contributed by atoms with van der Waals surface area (Å²) in [6, 6.07) is 14.4. The minimum atomic E-state index is -0.883. The number of ether oxygens (including phenoxy) is 3. The Morgan fingerprint density at radius 2 is 1.83 bits per heavy atom. The minimum Gasteiger partial charge on any atom is -0.485 e. The van der Waals surface area contributed by atoms with E-state index < -0.39 is 18.0 Å². The molecule has 3 rings (SSSR count). The summed E-state index contributed by atoms with van der Waals surface area (Å²) in [6.45, 7) is 1.55. The lowest BCUT2D eigenvalue weighted by Gasteiger charge is -2.24. The van der Waals surface area contributed by atoms with Crippen LogP contribution in [-0.2, 0) is 14.3 Å². The highest BCUT2D eigenvalue weighted by molar-refractivity contribution is 5.93. The summed E-state index contributed by atoms with van der Waals surface area (Å²) >= 11 is 0. The summed E-state index contributed by atoms with van der Waals surface area (Å²) in [4.78, 5) is 23.9. The van der Waals surface area contributed by atoms with Gasteiger partial charge in [0, 0.05) is 5.69 Å². The average Bonchev–Trinajstić information content (AvgIpc) is 2.61. The van der Waals surface area contributed by atoms with Gasteiger partial charge in [-0.3, -0.25) is 4.79 Å². The van der Waals surface area contributed by atoms with Crippen molar-refractivity contribution in [3.8, 4) is 11.5 Å². The molecule has 0 saturated heterocycles. The van der Waals surface area contributed by atoms with Crippen LogP contribution in [0.15, 0.2) is 48.5 Å². The molecule has 24 heavy (non-hydrogen) atoms. The predicted octanol–water partition coefficient (Wildman–Crippen LogP) is 2.32. The van der Waals surface area contributed by atoms with Crippen LogP contribution in [0.3, 0.4) is 0 Å². The third-order valence-electron chi connectivity index (χ3n) is 3.54. The standard InChI is InChI=1S/C18H17NO5/c1-12-6-2-3-7-13(12)19-17(20)11-23-18(21)16-10-22-14-8-4-5-9-15(14)24-16/h2-9,16H,10-11H2,1H3,(H,19,20)/t16-/m0/s1. The van der Waals surface area contributed by atoms with Crippen LogP contribution in [-0.4, -0.2) is 31.2 Å². The Bertz CT molecular complexity index is 759. The van der Waals surface area contributed by atoms with E-state index in [1.807, 2.05) is 31.2 Å². The van der Waals surface area contributed by atoms with E-state index in [1.54, 1.807) is 24.3 Å². The highest BCUT2D eigenvalue weighted by atomic mass is 16.6. The van der Waals surface area contributed by atoms with E-state index in [1.165, 1.54) is 0 Å². The lowest BCUT2D eigenvalue weighted by Crippen LogP contribution is -2.39. The molecule has 0 radical (unpaired) electrons. The molecule has 0 aliphatic carbocycles. The Balaban J connectivity index is 1.51. The smallest absolute Gasteiger partial charge is 0.351 e. The van der Waals surface area contributed by atoms with Gasteiger partial charge in [-0.25, -0.2) is 4.79 Å². The Morgan fingerprint density at radius 3 is 2.62 bits per heavy atom. The van der Waals surface area contributed by atoms with Crippen molar-refractivity contribution in [2.75, 3.05) is 18.5 Å². The molecule has 6 heteroatoms. The molecule has 0 fully saturated rings. The number of anilines is 1. The second-order valence-electron chi connectivity index (χ2n) is 5.34. The first-order valence-electron chi connectivity index (χ1n) is 7.54. The van der Waals surface area contributed by atoms with Crippen molar-refractivity contribution in [2.24, 2.45) is 0 Å². The molecule has 0 unspecified atom stereocenters. The van der Waals surface area contributed by atoms with Crippen LogP contribution >= 0.6 is 0 Å². The number of hydrogen-bond donors (Lipinski definition) is 1. The maximum atomic E-state index is 12.0. The van der Waals surface area contributed by atoms with Gasteiger partial charge in [0.2, 0.25) is 6.10 Å². The van der Waals surface area contributed by atoms with E-state index >= 15 is 0 Å². The highest BCUT2D eigenvalue weighted by Crippen LogP contribution is 2.31. The van der Waals surface area contributed by atoms with Crippen molar-refractivity contribution in [1.82, 2.24) is 0 Å². The van der Waals surface area contributed by atoms with Gasteiger partial charge in [0.05, 0.1) is 0 Å². The zero-order valence-corrected chi connectivity index (χ0v) is 13.2. The third kappa shape index (κ3) is 3.65. The fraction of sp³-hybridized carbons (Fsp3) is 0.222. The second kappa shape index (κ2) is 7.04. The number of aryl methyl sites for hydroxylation is 1. The zero-order valence-electron chi connectivity index (χ0n) is 13.2. The van der Waals surface area contributed by atoms with Gasteiger partial charge in [0.25, 0.3) is 5.91 Å². The molecular weight excluding hydrogens is 310 g/mol. The van der Waals surface area contributed by atoms with Crippen LogP contribution in [0.4, 0.5) is 5.69 Å². The fourth-order valence-electron chi connectivity index (χ4n) is 2.26. The number of hydrogen-bond acceptors (Lipinski definition) is 5. The van der Waals surface area contributed by atoms with Crippen LogP contribution < -0.4 is 14.8 Å². The number of fused-ring (bicyclic) bond motifs is 1. The molecule has 0 bridgehead atoms. The van der Waals surface area contributed by atoms with Crippen LogP contribution in [0.25, 0.3) is 0 Å². The van der Waals surface area contributed by atoms with E-state index in [-0.39, 0.29) is 13.2 Å². The van der Waals surface area contributed by atoms with Crippen molar-refractivity contribution in [2.45, 2.75) is 13.0 Å². The van der Waals surface area contributed by atoms with Crippen LogP contribution in [0.1, 0.15) is 5.56 Å². The molecule has 124 valence electrons. The topological polar surface area (TPSA) is 73.9 Å². The summed E-state index contributed by atoms with van der Waals surface area (Å²) in [5, 5.41) is 2.70. The molecule has 6 nitrogen and oxygen atoms in total. The number of amides is 1. The Labute approximate surface area is 139 Å². The number of rotatable bonds is 4. The summed E-state index contributed by atoms with van der Waals surface area (Å²) in [5.74, 6) is 0.0214. The molecule has 0 spiro atoms. The molecule has 1 heterocycles. The molecule has 0 saturated carbocycles. The molecule has 2 aromatic carbocycles. The number of nitrogens with one attached hydrogen (secondary N) is 1. The first-order valence-corrected chi connectivity index (χ1v) is 7.54. The highest BCUT2D eigenvalue weighted by Gasteiger charge is 2.29. The lowest BCUT2D eigenvalue weighted by atomic mass is 10.2. The van der Waals surface area contributed by atoms with Gasteiger partial charge < -0.3 is 19.5 Å². The van der Waals surface area contributed by atoms with E-state index in [4.69, 9.17) is 14.2 Å². The molecule has 1 amide bonds.